The summed E-state index contributed by atoms with van der Waals surface area (Å²) in [6.07, 6.45) is 0.668. The van der Waals surface area contributed by atoms with E-state index in [0.717, 1.165) is 57.6 Å². The molecular weight excluding hydrogens is 482 g/mol. The van der Waals surface area contributed by atoms with Crippen molar-refractivity contribution >= 4 is 5.97 Å². The first-order chi connectivity index (χ1) is 16.5. The lowest BCUT2D eigenvalue weighted by atomic mass is 10.2. The lowest BCUT2D eigenvalue weighted by Gasteiger charge is -2.09. The highest BCUT2D eigenvalue weighted by Gasteiger charge is 2.40. The number of hydrogen-bond acceptors (Lipinski definition) is 5. The van der Waals surface area contributed by atoms with Crippen LogP contribution in [-0.2, 0) is 23.7 Å². The molecule has 13 heteroatoms. The Morgan fingerprint density at radius 1 is 0.914 bits per heavy atom. The molecule has 0 amide bonds. The molecule has 0 unspecified atom stereocenters. The van der Waals surface area contributed by atoms with E-state index in [1.807, 2.05) is 0 Å². The molecule has 2 saturated carbocycles. The van der Waals surface area contributed by atoms with Gasteiger partial charge in [-0.1, -0.05) is 25.7 Å². The van der Waals surface area contributed by atoms with Crippen molar-refractivity contribution in [3.8, 4) is 0 Å². The van der Waals surface area contributed by atoms with Gasteiger partial charge in [0.1, 0.15) is 5.56 Å². The Balaban J connectivity index is 0.000000198. The van der Waals surface area contributed by atoms with Crippen LogP contribution in [0.25, 0.3) is 0 Å². The zero-order valence-corrected chi connectivity index (χ0v) is 19.2. The first-order valence-electron chi connectivity index (χ1n) is 11.5. The van der Waals surface area contributed by atoms with E-state index in [0.29, 0.717) is 0 Å². The summed E-state index contributed by atoms with van der Waals surface area (Å²) in [5, 5.41) is 16.0. The van der Waals surface area contributed by atoms with E-state index in [9.17, 15) is 31.1 Å². The number of aliphatic hydroxyl groups excluding tert-OH is 1. The summed E-state index contributed by atoms with van der Waals surface area (Å²) in [7, 11) is 0. The van der Waals surface area contributed by atoms with E-state index in [-0.39, 0.29) is 24.3 Å². The lowest BCUT2D eigenvalue weighted by Crippen LogP contribution is -2.14. The van der Waals surface area contributed by atoms with E-state index in [1.165, 1.54) is 15.6 Å². The molecule has 0 saturated heterocycles. The Hall–Kier alpha value is -2.57. The third-order valence-electron chi connectivity index (χ3n) is 6.14. The van der Waals surface area contributed by atoms with Gasteiger partial charge in [0.25, 0.3) is 0 Å². The number of aliphatic hydroxyl groups is 1. The third kappa shape index (κ3) is 6.56. The summed E-state index contributed by atoms with van der Waals surface area (Å²) in [5.74, 6) is -0.973. The fourth-order valence-corrected chi connectivity index (χ4v) is 4.45. The number of ether oxygens (including phenoxy) is 1. The second-order valence-corrected chi connectivity index (χ2v) is 8.61. The van der Waals surface area contributed by atoms with Gasteiger partial charge in [0.2, 0.25) is 0 Å². The average molecular weight is 510 g/mol. The average Bonchev–Trinajstić information content (AvgIpc) is 3.58. The molecule has 7 nitrogen and oxygen atoms in total. The Labute approximate surface area is 198 Å². The summed E-state index contributed by atoms with van der Waals surface area (Å²) in [4.78, 5) is 11.6. The minimum absolute atomic E-state index is 0.0325. The second-order valence-electron chi connectivity index (χ2n) is 8.61. The van der Waals surface area contributed by atoms with Crippen LogP contribution >= 0.6 is 0 Å². The first kappa shape index (κ1) is 27.0. The Kier molecular flexibility index (Phi) is 8.50. The van der Waals surface area contributed by atoms with Crippen LogP contribution in [0.2, 0.25) is 0 Å². The summed E-state index contributed by atoms with van der Waals surface area (Å²) in [6, 6.07) is 0.00526. The summed E-state index contributed by atoms with van der Waals surface area (Å²) >= 11 is 0. The SMILES string of the molecule is CCOC(=O)c1cn(C2CCCC2)nc1C(F)(F)F.OCc1cn(C2CCCC2)nc1C(F)(F)F. The summed E-state index contributed by atoms with van der Waals surface area (Å²) in [6.45, 7) is 0.957. The highest BCUT2D eigenvalue weighted by Crippen LogP contribution is 2.36. The van der Waals surface area contributed by atoms with Crippen LogP contribution in [0.5, 0.6) is 0 Å². The molecule has 0 radical (unpaired) electrons. The molecule has 2 aromatic rings. The molecule has 0 spiro atoms. The van der Waals surface area contributed by atoms with Crippen molar-refractivity contribution < 1.29 is 41.0 Å². The largest absolute Gasteiger partial charge is 0.462 e. The number of carbonyl (C=O) groups excluding carboxylic acids is 1. The van der Waals surface area contributed by atoms with Crippen LogP contribution in [0.15, 0.2) is 12.4 Å². The molecule has 2 aliphatic carbocycles. The second kappa shape index (κ2) is 11.0. The van der Waals surface area contributed by atoms with Crippen molar-refractivity contribution in [3.63, 3.8) is 0 Å². The van der Waals surface area contributed by atoms with E-state index in [1.54, 1.807) is 6.92 Å². The van der Waals surface area contributed by atoms with Crippen LogP contribution in [0.4, 0.5) is 26.3 Å². The maximum absolute atomic E-state index is 12.9. The molecular formula is C22H28F6N4O3. The number of alkyl halides is 6. The van der Waals surface area contributed by atoms with Gasteiger partial charge in [0.15, 0.2) is 11.4 Å². The molecule has 0 atom stereocenters. The Morgan fingerprint density at radius 2 is 1.37 bits per heavy atom. The minimum atomic E-state index is -4.65. The number of esters is 1. The third-order valence-corrected chi connectivity index (χ3v) is 6.14. The number of carbonyl (C=O) groups is 1. The molecule has 0 aliphatic heterocycles. The fourth-order valence-electron chi connectivity index (χ4n) is 4.45. The monoisotopic (exact) mass is 510 g/mol. The van der Waals surface area contributed by atoms with Crippen molar-refractivity contribution in [2.45, 2.75) is 89.3 Å². The quantitative estimate of drug-likeness (QED) is 0.412. The molecule has 2 fully saturated rings. The Bertz CT molecular complexity index is 986. The van der Waals surface area contributed by atoms with Gasteiger partial charge in [-0.05, 0) is 32.6 Å². The van der Waals surface area contributed by atoms with E-state index in [4.69, 9.17) is 5.11 Å². The van der Waals surface area contributed by atoms with Crippen LogP contribution in [0, 0.1) is 0 Å². The molecule has 196 valence electrons. The summed E-state index contributed by atoms with van der Waals surface area (Å²) < 4.78 is 83.5. The van der Waals surface area contributed by atoms with Gasteiger partial charge in [-0.3, -0.25) is 9.36 Å². The van der Waals surface area contributed by atoms with Crippen LogP contribution < -0.4 is 0 Å². The van der Waals surface area contributed by atoms with Crippen LogP contribution in [0.3, 0.4) is 0 Å². The number of hydrogen-bond donors (Lipinski definition) is 1. The predicted molar refractivity (Wildman–Crippen MR) is 111 cm³/mol. The van der Waals surface area contributed by atoms with Gasteiger partial charge in [-0.15, -0.1) is 0 Å². The van der Waals surface area contributed by atoms with E-state index >= 15 is 0 Å². The van der Waals surface area contributed by atoms with Gasteiger partial charge in [-0.2, -0.15) is 36.5 Å². The van der Waals surface area contributed by atoms with Gasteiger partial charge >= 0.3 is 18.3 Å². The van der Waals surface area contributed by atoms with Crippen LogP contribution in [-0.4, -0.2) is 37.2 Å². The molecule has 35 heavy (non-hydrogen) atoms. The predicted octanol–water partition coefficient (Wildman–Crippen LogP) is 5.70. The minimum Gasteiger partial charge on any atom is -0.462 e. The number of halogens is 6. The Morgan fingerprint density at radius 3 is 1.77 bits per heavy atom. The molecule has 0 aromatic carbocycles. The fraction of sp³-hybridized carbons (Fsp3) is 0.682. The van der Waals surface area contributed by atoms with Gasteiger partial charge in [0, 0.05) is 18.0 Å². The summed E-state index contributed by atoms with van der Waals surface area (Å²) in [5.41, 5.74) is -2.75. The maximum atomic E-state index is 12.9. The highest BCUT2D eigenvalue weighted by atomic mass is 19.4. The highest BCUT2D eigenvalue weighted by molar-refractivity contribution is 5.90. The number of rotatable bonds is 5. The smallest absolute Gasteiger partial charge is 0.436 e. The molecule has 2 heterocycles. The van der Waals surface area contributed by atoms with Crippen molar-refractivity contribution in [1.82, 2.24) is 19.6 Å². The molecule has 1 N–H and O–H groups in total. The molecule has 0 bridgehead atoms. The molecule has 2 aromatic heterocycles. The number of nitrogens with zero attached hydrogens (tertiary/aromatic N) is 4. The van der Waals surface area contributed by atoms with Crippen molar-refractivity contribution in [2.24, 2.45) is 0 Å². The zero-order chi connectivity index (χ0) is 25.8. The zero-order valence-electron chi connectivity index (χ0n) is 19.2. The van der Waals surface area contributed by atoms with Crippen LogP contribution in [0.1, 0.15) is 97.7 Å². The lowest BCUT2D eigenvalue weighted by molar-refractivity contribution is -0.143. The molecule has 4 rings (SSSR count). The van der Waals surface area contributed by atoms with Gasteiger partial charge in [-0.25, -0.2) is 4.79 Å². The van der Waals surface area contributed by atoms with E-state index < -0.39 is 41.9 Å². The number of aromatic nitrogens is 4. The van der Waals surface area contributed by atoms with Crippen molar-refractivity contribution in [1.29, 1.82) is 0 Å². The van der Waals surface area contributed by atoms with Crippen molar-refractivity contribution in [2.75, 3.05) is 6.61 Å². The normalized spacial score (nSPS) is 17.5. The van der Waals surface area contributed by atoms with Gasteiger partial charge < -0.3 is 9.84 Å². The molecule has 2 aliphatic rings. The van der Waals surface area contributed by atoms with E-state index in [2.05, 4.69) is 14.9 Å². The standard InChI is InChI=1S/C12H15F3N2O2.C10H13F3N2O/c1-2-19-11(18)9-7-17(8-5-3-4-6-8)16-10(9)12(13,14)15;11-10(12,13)9-7(6-16)5-15(14-9)8-3-1-2-4-8/h7-8H,2-6H2,1H3;5,8,16H,1-4,6H2. The maximum Gasteiger partial charge on any atom is 0.436 e. The van der Waals surface area contributed by atoms with Crippen molar-refractivity contribution in [3.05, 3.63) is 34.9 Å². The topological polar surface area (TPSA) is 82.2 Å². The first-order valence-corrected chi connectivity index (χ1v) is 11.5. The van der Waals surface area contributed by atoms with Gasteiger partial charge in [0.05, 0.1) is 25.3 Å².